The summed E-state index contributed by atoms with van der Waals surface area (Å²) in [7, 11) is 0. The van der Waals surface area contributed by atoms with Gasteiger partial charge in [0.05, 0.1) is 5.54 Å². The molecule has 0 radical (unpaired) electrons. The van der Waals surface area contributed by atoms with Gasteiger partial charge in [0.2, 0.25) is 11.8 Å². The molecule has 0 spiro atoms. The van der Waals surface area contributed by atoms with E-state index in [1.807, 2.05) is 0 Å². The van der Waals surface area contributed by atoms with Crippen molar-refractivity contribution in [1.29, 1.82) is 0 Å². The highest BCUT2D eigenvalue weighted by molar-refractivity contribution is 5.85. The predicted molar refractivity (Wildman–Crippen MR) is 134 cm³/mol. The van der Waals surface area contributed by atoms with Crippen LogP contribution < -0.4 is 32.7 Å². The van der Waals surface area contributed by atoms with Crippen LogP contribution in [0.1, 0.15) is 85.5 Å². The Bertz CT molecular complexity index is 491. The molecular weight excluding hydrogens is 404 g/mol. The average Bonchev–Trinajstić information content (AvgIpc) is 2.69. The smallest absolute Gasteiger partial charge is 0.239 e. The van der Waals surface area contributed by atoms with Gasteiger partial charge in [0.1, 0.15) is 0 Å². The molecule has 0 aromatic rings. The van der Waals surface area contributed by atoms with Gasteiger partial charge in [-0.25, -0.2) is 0 Å². The molecule has 0 aliphatic heterocycles. The second kappa shape index (κ2) is 18.2. The Morgan fingerprint density at radius 3 is 1.81 bits per heavy atom. The van der Waals surface area contributed by atoms with Crippen LogP contribution in [0, 0.1) is 5.41 Å². The van der Waals surface area contributed by atoms with E-state index in [4.69, 9.17) is 11.5 Å². The molecule has 0 rings (SSSR count). The van der Waals surface area contributed by atoms with Crippen molar-refractivity contribution in [3.63, 3.8) is 0 Å². The van der Waals surface area contributed by atoms with Crippen molar-refractivity contribution in [3.8, 4) is 0 Å². The van der Waals surface area contributed by atoms with Gasteiger partial charge in [-0.1, -0.05) is 27.2 Å². The Morgan fingerprint density at radius 1 is 0.688 bits per heavy atom. The first-order valence-electron chi connectivity index (χ1n) is 12.5. The zero-order valence-electron chi connectivity index (χ0n) is 21.3. The van der Waals surface area contributed by atoms with Crippen molar-refractivity contribution in [1.82, 2.24) is 21.3 Å². The topological polar surface area (TPSA) is 134 Å². The van der Waals surface area contributed by atoms with E-state index in [1.165, 1.54) is 6.42 Å². The van der Waals surface area contributed by atoms with Crippen LogP contribution in [0.25, 0.3) is 0 Å². The van der Waals surface area contributed by atoms with Gasteiger partial charge in [0.25, 0.3) is 0 Å². The monoisotopic (exact) mass is 456 g/mol. The molecule has 0 saturated carbocycles. The number of nitrogens with one attached hydrogen (secondary N) is 4. The van der Waals surface area contributed by atoms with E-state index in [9.17, 15) is 9.59 Å². The van der Waals surface area contributed by atoms with Gasteiger partial charge in [-0.2, -0.15) is 0 Å². The first kappa shape index (κ1) is 30.8. The van der Waals surface area contributed by atoms with Gasteiger partial charge < -0.3 is 32.7 Å². The molecule has 0 saturated heterocycles. The number of hydrogen-bond donors (Lipinski definition) is 6. The van der Waals surface area contributed by atoms with Crippen molar-refractivity contribution < 1.29 is 9.59 Å². The minimum atomic E-state index is -0.853. The maximum Gasteiger partial charge on any atom is 0.239 e. The molecule has 190 valence electrons. The second-order valence-electron chi connectivity index (χ2n) is 10.3. The van der Waals surface area contributed by atoms with E-state index in [0.717, 1.165) is 71.2 Å². The van der Waals surface area contributed by atoms with Gasteiger partial charge in [0, 0.05) is 19.5 Å². The average molecular weight is 457 g/mol. The molecule has 0 heterocycles. The summed E-state index contributed by atoms with van der Waals surface area (Å²) in [6, 6.07) is 0. The number of rotatable bonds is 20. The van der Waals surface area contributed by atoms with Crippen molar-refractivity contribution in [2.75, 3.05) is 45.8 Å². The molecule has 8 nitrogen and oxygen atoms in total. The van der Waals surface area contributed by atoms with Crippen molar-refractivity contribution in [2.24, 2.45) is 16.9 Å². The fourth-order valence-corrected chi connectivity index (χ4v) is 3.68. The number of carbonyl (C=O) groups is 2. The standard InChI is InChI=1S/C24H52N6O2/c1-23(2,3)20-24(4,26)22(32)30-18-7-5-6-12-21(31)29-19-11-17-28-15-9-8-14-27-16-10-13-25/h27-28H,5-20,25-26H2,1-4H3,(H,29,31)(H,30,32). The molecule has 0 aliphatic carbocycles. The van der Waals surface area contributed by atoms with Crippen LogP contribution in [0.5, 0.6) is 0 Å². The Kier molecular flexibility index (Phi) is 17.5. The number of nitrogens with two attached hydrogens (primary N) is 2. The Hall–Kier alpha value is -1.22. The summed E-state index contributed by atoms with van der Waals surface area (Å²) >= 11 is 0. The highest BCUT2D eigenvalue weighted by Gasteiger charge is 2.32. The van der Waals surface area contributed by atoms with E-state index in [0.29, 0.717) is 25.9 Å². The van der Waals surface area contributed by atoms with E-state index >= 15 is 0 Å². The third kappa shape index (κ3) is 19.5. The zero-order chi connectivity index (χ0) is 24.3. The first-order chi connectivity index (χ1) is 15.1. The molecule has 2 amide bonds. The zero-order valence-corrected chi connectivity index (χ0v) is 21.3. The summed E-state index contributed by atoms with van der Waals surface area (Å²) in [5, 5.41) is 12.7. The molecule has 32 heavy (non-hydrogen) atoms. The fourth-order valence-electron chi connectivity index (χ4n) is 3.68. The summed E-state index contributed by atoms with van der Waals surface area (Å²) in [6.07, 6.45) is 8.08. The van der Waals surface area contributed by atoms with E-state index in [1.54, 1.807) is 6.92 Å². The van der Waals surface area contributed by atoms with Crippen LogP contribution in [0.15, 0.2) is 0 Å². The largest absolute Gasteiger partial charge is 0.356 e. The van der Waals surface area contributed by atoms with Crippen molar-refractivity contribution in [3.05, 3.63) is 0 Å². The second-order valence-corrected chi connectivity index (χ2v) is 10.3. The number of amides is 2. The molecule has 0 fully saturated rings. The maximum absolute atomic E-state index is 12.3. The summed E-state index contributed by atoms with van der Waals surface area (Å²) < 4.78 is 0. The lowest BCUT2D eigenvalue weighted by atomic mass is 9.81. The molecule has 0 bridgehead atoms. The van der Waals surface area contributed by atoms with Gasteiger partial charge in [-0.3, -0.25) is 9.59 Å². The lowest BCUT2D eigenvalue weighted by molar-refractivity contribution is -0.127. The summed E-state index contributed by atoms with van der Waals surface area (Å²) in [6.45, 7) is 14.1. The lowest BCUT2D eigenvalue weighted by Crippen LogP contribution is -2.53. The minimum absolute atomic E-state index is 0.00625. The predicted octanol–water partition coefficient (Wildman–Crippen LogP) is 1.63. The van der Waals surface area contributed by atoms with Crippen LogP contribution >= 0.6 is 0 Å². The SMILES string of the molecule is CC(C)(C)CC(C)(N)C(=O)NCCCCCC(=O)NCCCNCCCCNCCCN. The third-order valence-corrected chi connectivity index (χ3v) is 5.15. The van der Waals surface area contributed by atoms with Gasteiger partial charge in [-0.05, 0) is 90.0 Å². The Balaban J connectivity index is 3.49. The summed E-state index contributed by atoms with van der Waals surface area (Å²) in [4.78, 5) is 24.2. The molecule has 8 heteroatoms. The van der Waals surface area contributed by atoms with Crippen molar-refractivity contribution in [2.45, 2.75) is 91.0 Å². The first-order valence-corrected chi connectivity index (χ1v) is 12.5. The normalized spacial score (nSPS) is 13.6. The number of unbranched alkanes of at least 4 members (excludes halogenated alkanes) is 3. The van der Waals surface area contributed by atoms with Crippen LogP contribution in [0.4, 0.5) is 0 Å². The highest BCUT2D eigenvalue weighted by atomic mass is 16.2. The fraction of sp³-hybridized carbons (Fsp3) is 0.917. The number of hydrogen-bond acceptors (Lipinski definition) is 6. The Morgan fingerprint density at radius 2 is 1.22 bits per heavy atom. The van der Waals surface area contributed by atoms with Crippen LogP contribution in [-0.2, 0) is 9.59 Å². The molecule has 0 aromatic heterocycles. The van der Waals surface area contributed by atoms with E-state index in [-0.39, 0.29) is 17.2 Å². The molecule has 0 aromatic carbocycles. The highest BCUT2D eigenvalue weighted by Crippen LogP contribution is 2.25. The number of carbonyl (C=O) groups excluding carboxylic acids is 2. The maximum atomic E-state index is 12.3. The minimum Gasteiger partial charge on any atom is -0.356 e. The van der Waals surface area contributed by atoms with Crippen LogP contribution in [-0.4, -0.2) is 63.2 Å². The molecule has 0 aliphatic rings. The van der Waals surface area contributed by atoms with E-state index < -0.39 is 5.54 Å². The van der Waals surface area contributed by atoms with Gasteiger partial charge >= 0.3 is 0 Å². The van der Waals surface area contributed by atoms with Crippen molar-refractivity contribution >= 4 is 11.8 Å². The van der Waals surface area contributed by atoms with Gasteiger partial charge in [0.15, 0.2) is 0 Å². The third-order valence-electron chi connectivity index (χ3n) is 5.15. The van der Waals surface area contributed by atoms with E-state index in [2.05, 4.69) is 42.0 Å². The molecule has 1 atom stereocenters. The Labute approximate surface area is 196 Å². The molecule has 1 unspecified atom stereocenters. The van der Waals surface area contributed by atoms with Crippen LogP contribution in [0.3, 0.4) is 0 Å². The molecular formula is C24H52N6O2. The van der Waals surface area contributed by atoms with Gasteiger partial charge in [-0.15, -0.1) is 0 Å². The quantitative estimate of drug-likeness (QED) is 0.154. The summed E-state index contributed by atoms with van der Waals surface area (Å²) in [5.74, 6) is 0.00950. The lowest BCUT2D eigenvalue weighted by Gasteiger charge is -2.31. The summed E-state index contributed by atoms with van der Waals surface area (Å²) in [5.41, 5.74) is 10.8. The molecule has 8 N–H and O–H groups in total. The van der Waals surface area contributed by atoms with Crippen LogP contribution in [0.2, 0.25) is 0 Å².